The molecule has 1 heterocycles. The average molecular weight is 339 g/mol. The number of carbonyl (C=O) groups is 2. The number of thiocarbonyl (C=S) groups is 1. The van der Waals surface area contributed by atoms with E-state index in [-0.39, 0.29) is 0 Å². The van der Waals surface area contributed by atoms with Crippen LogP contribution in [0.3, 0.4) is 0 Å². The minimum absolute atomic E-state index is 0.865. The second-order valence-corrected chi connectivity index (χ2v) is 5.30. The molecule has 8 heteroatoms. The number of hydrogen-bond donors (Lipinski definition) is 3. The topological polar surface area (TPSA) is 93.1 Å². The van der Waals surface area contributed by atoms with Crippen molar-refractivity contribution in [2.75, 3.05) is 33.2 Å². The number of carboxylic acid groups (broad SMARTS) is 2. The predicted octanol–water partition coefficient (Wildman–Crippen LogP) is 0.464. The van der Waals surface area contributed by atoms with Gasteiger partial charge in [-0.25, -0.2) is 9.59 Å². The van der Waals surface area contributed by atoms with Crippen LogP contribution < -0.4 is 5.32 Å². The van der Waals surface area contributed by atoms with Crippen LogP contribution in [0.15, 0.2) is 30.3 Å². The molecule has 7 nitrogen and oxygen atoms in total. The molecule has 1 aliphatic heterocycles. The van der Waals surface area contributed by atoms with Gasteiger partial charge in [-0.15, -0.1) is 0 Å². The van der Waals surface area contributed by atoms with Gasteiger partial charge in [-0.1, -0.05) is 30.3 Å². The molecule has 0 aromatic heterocycles. The lowest BCUT2D eigenvalue weighted by atomic mass is 10.2. The minimum Gasteiger partial charge on any atom is -0.473 e. The number of piperazine rings is 1. The number of aliphatic carboxylic acids is 2. The summed E-state index contributed by atoms with van der Waals surface area (Å²) in [6.45, 7) is 5.24. The van der Waals surface area contributed by atoms with Crippen LogP contribution in [-0.4, -0.2) is 70.3 Å². The molecule has 0 radical (unpaired) electrons. The van der Waals surface area contributed by atoms with Crippen molar-refractivity contribution in [1.29, 1.82) is 0 Å². The first-order valence-corrected chi connectivity index (χ1v) is 7.54. The SMILES string of the molecule is CNC(=S)N1CCN(Cc2ccccc2)CC1.O=C(O)C(=O)O. The fourth-order valence-electron chi connectivity index (χ4n) is 2.11. The highest BCUT2D eigenvalue weighted by Crippen LogP contribution is 2.08. The highest BCUT2D eigenvalue weighted by molar-refractivity contribution is 7.80. The molecule has 1 aromatic rings. The summed E-state index contributed by atoms with van der Waals surface area (Å²) >= 11 is 5.24. The lowest BCUT2D eigenvalue weighted by molar-refractivity contribution is -0.159. The molecule has 1 fully saturated rings. The van der Waals surface area contributed by atoms with E-state index in [1.54, 1.807) is 0 Å². The van der Waals surface area contributed by atoms with E-state index in [0.717, 1.165) is 37.8 Å². The van der Waals surface area contributed by atoms with Crippen molar-refractivity contribution in [2.45, 2.75) is 6.54 Å². The van der Waals surface area contributed by atoms with Crippen LogP contribution in [0.4, 0.5) is 0 Å². The first-order valence-electron chi connectivity index (χ1n) is 7.13. The predicted molar refractivity (Wildman–Crippen MR) is 90.2 cm³/mol. The summed E-state index contributed by atoms with van der Waals surface area (Å²) in [5.74, 6) is -3.65. The fourth-order valence-corrected chi connectivity index (χ4v) is 2.29. The van der Waals surface area contributed by atoms with Crippen molar-refractivity contribution in [3.8, 4) is 0 Å². The lowest BCUT2D eigenvalue weighted by Gasteiger charge is -2.35. The Morgan fingerprint density at radius 2 is 1.61 bits per heavy atom. The summed E-state index contributed by atoms with van der Waals surface area (Å²) in [7, 11) is 1.89. The number of hydrogen-bond acceptors (Lipinski definition) is 4. The van der Waals surface area contributed by atoms with Gasteiger partial charge in [0.1, 0.15) is 0 Å². The summed E-state index contributed by atoms with van der Waals surface area (Å²) in [6, 6.07) is 10.6. The maximum Gasteiger partial charge on any atom is 0.414 e. The van der Waals surface area contributed by atoms with Crippen molar-refractivity contribution in [3.05, 3.63) is 35.9 Å². The molecule has 23 heavy (non-hydrogen) atoms. The van der Waals surface area contributed by atoms with Gasteiger partial charge >= 0.3 is 11.9 Å². The molecular formula is C15H21N3O4S. The van der Waals surface area contributed by atoms with E-state index in [2.05, 4.69) is 45.4 Å². The largest absolute Gasteiger partial charge is 0.473 e. The number of nitrogens with one attached hydrogen (secondary N) is 1. The summed E-state index contributed by atoms with van der Waals surface area (Å²) in [4.78, 5) is 22.9. The number of rotatable bonds is 2. The van der Waals surface area contributed by atoms with Gasteiger partial charge in [0.2, 0.25) is 0 Å². The van der Waals surface area contributed by atoms with Gasteiger partial charge in [0, 0.05) is 39.8 Å². The van der Waals surface area contributed by atoms with E-state index in [1.807, 2.05) is 7.05 Å². The van der Waals surface area contributed by atoms with Gasteiger partial charge in [-0.2, -0.15) is 0 Å². The fraction of sp³-hybridized carbons (Fsp3) is 0.400. The normalized spacial score (nSPS) is 14.4. The number of nitrogens with zero attached hydrogens (tertiary/aromatic N) is 2. The van der Waals surface area contributed by atoms with Gasteiger partial charge in [-0.05, 0) is 17.8 Å². The second kappa shape index (κ2) is 9.75. The number of carboxylic acids is 2. The Kier molecular flexibility index (Phi) is 8.00. The van der Waals surface area contributed by atoms with Gasteiger partial charge in [0.25, 0.3) is 0 Å². The molecule has 0 saturated carbocycles. The minimum atomic E-state index is -1.82. The summed E-state index contributed by atoms with van der Waals surface area (Å²) in [5, 5.41) is 18.7. The molecular weight excluding hydrogens is 318 g/mol. The van der Waals surface area contributed by atoms with Gasteiger partial charge in [0.05, 0.1) is 0 Å². The molecule has 2 rings (SSSR count). The summed E-state index contributed by atoms with van der Waals surface area (Å²) in [6.07, 6.45) is 0. The van der Waals surface area contributed by atoms with Gasteiger partial charge in [0.15, 0.2) is 5.11 Å². The van der Waals surface area contributed by atoms with Crippen LogP contribution >= 0.6 is 12.2 Å². The zero-order chi connectivity index (χ0) is 17.2. The highest BCUT2D eigenvalue weighted by atomic mass is 32.1. The van der Waals surface area contributed by atoms with Gasteiger partial charge in [-0.3, -0.25) is 4.90 Å². The van der Waals surface area contributed by atoms with Crippen molar-refractivity contribution in [1.82, 2.24) is 15.1 Å². The summed E-state index contributed by atoms with van der Waals surface area (Å²) in [5.41, 5.74) is 1.39. The zero-order valence-electron chi connectivity index (χ0n) is 12.9. The Bertz CT molecular complexity index is 519. The third-order valence-corrected chi connectivity index (χ3v) is 3.77. The van der Waals surface area contributed by atoms with Gasteiger partial charge < -0.3 is 20.4 Å². The van der Waals surface area contributed by atoms with Crippen molar-refractivity contribution in [2.24, 2.45) is 0 Å². The molecule has 0 bridgehead atoms. The zero-order valence-corrected chi connectivity index (χ0v) is 13.8. The molecule has 0 atom stereocenters. The quantitative estimate of drug-likeness (QED) is 0.529. The standard InChI is InChI=1S/C13H19N3S.C2H2O4/c1-14-13(17)16-9-7-15(8-10-16)11-12-5-3-2-4-6-12;3-1(4)2(5)6/h2-6H,7-11H2,1H3,(H,14,17);(H,3,4)(H,5,6). The van der Waals surface area contributed by atoms with Crippen molar-refractivity contribution in [3.63, 3.8) is 0 Å². The van der Waals surface area contributed by atoms with Crippen molar-refractivity contribution >= 4 is 29.3 Å². The van der Waals surface area contributed by atoms with E-state index >= 15 is 0 Å². The Morgan fingerprint density at radius 1 is 1.09 bits per heavy atom. The van der Waals surface area contributed by atoms with Crippen LogP contribution in [0.25, 0.3) is 0 Å². The number of benzene rings is 1. The van der Waals surface area contributed by atoms with E-state index in [4.69, 9.17) is 32.0 Å². The Morgan fingerprint density at radius 3 is 2.04 bits per heavy atom. The molecule has 1 saturated heterocycles. The maximum absolute atomic E-state index is 9.10. The van der Waals surface area contributed by atoms with Crippen LogP contribution in [0, 0.1) is 0 Å². The maximum atomic E-state index is 9.10. The first kappa shape index (κ1) is 18.9. The molecule has 0 amide bonds. The molecule has 3 N–H and O–H groups in total. The van der Waals surface area contributed by atoms with E-state index in [0.29, 0.717) is 0 Å². The summed E-state index contributed by atoms with van der Waals surface area (Å²) < 4.78 is 0. The molecule has 0 spiro atoms. The third kappa shape index (κ3) is 7.07. The van der Waals surface area contributed by atoms with E-state index < -0.39 is 11.9 Å². The van der Waals surface area contributed by atoms with Crippen LogP contribution in [0.2, 0.25) is 0 Å². The van der Waals surface area contributed by atoms with Crippen LogP contribution in [0.1, 0.15) is 5.56 Å². The highest BCUT2D eigenvalue weighted by Gasteiger charge is 2.17. The Labute approximate surface area is 140 Å². The molecule has 0 aliphatic carbocycles. The second-order valence-electron chi connectivity index (χ2n) is 4.91. The average Bonchev–Trinajstić information content (AvgIpc) is 2.56. The smallest absolute Gasteiger partial charge is 0.414 e. The third-order valence-electron chi connectivity index (χ3n) is 3.31. The Hall–Kier alpha value is -2.19. The van der Waals surface area contributed by atoms with Crippen LogP contribution in [0.5, 0.6) is 0 Å². The van der Waals surface area contributed by atoms with E-state index in [9.17, 15) is 0 Å². The molecule has 0 unspecified atom stereocenters. The van der Waals surface area contributed by atoms with Crippen LogP contribution in [-0.2, 0) is 16.1 Å². The molecule has 1 aliphatic rings. The Balaban J connectivity index is 0.000000379. The lowest BCUT2D eigenvalue weighted by Crippen LogP contribution is -2.50. The van der Waals surface area contributed by atoms with Crippen molar-refractivity contribution < 1.29 is 19.8 Å². The first-order chi connectivity index (χ1) is 10.9. The monoisotopic (exact) mass is 339 g/mol. The molecule has 126 valence electrons. The van der Waals surface area contributed by atoms with E-state index in [1.165, 1.54) is 5.56 Å². The molecule has 1 aromatic carbocycles.